The topological polar surface area (TPSA) is 49.4 Å². The summed E-state index contributed by atoms with van der Waals surface area (Å²) in [6.45, 7) is 10.0. The van der Waals surface area contributed by atoms with Gasteiger partial charge in [0.25, 0.3) is 0 Å². The van der Waals surface area contributed by atoms with Crippen molar-refractivity contribution < 1.29 is 9.59 Å². The van der Waals surface area contributed by atoms with Gasteiger partial charge < -0.3 is 10.2 Å². The summed E-state index contributed by atoms with van der Waals surface area (Å²) in [5, 5.41) is 6.96. The lowest BCUT2D eigenvalue weighted by molar-refractivity contribution is -0.156. The Morgan fingerprint density at radius 3 is 2.50 bits per heavy atom. The summed E-state index contributed by atoms with van der Waals surface area (Å²) in [5.74, 6) is 0.0212. The molecule has 1 aromatic rings. The summed E-state index contributed by atoms with van der Waals surface area (Å²) in [6, 6.07) is -0.394. The number of hydrogen-bond donors (Lipinski definition) is 1. The predicted octanol–water partition coefficient (Wildman–Crippen LogP) is 2.32. The molecule has 5 heteroatoms. The maximum atomic E-state index is 12.7. The first-order chi connectivity index (χ1) is 9.24. The van der Waals surface area contributed by atoms with E-state index in [0.717, 1.165) is 5.56 Å². The van der Waals surface area contributed by atoms with E-state index in [0.29, 0.717) is 6.54 Å². The highest BCUT2D eigenvalue weighted by Gasteiger charge is 2.46. The Balaban J connectivity index is 2.35. The number of hydrogen-bond acceptors (Lipinski definition) is 3. The van der Waals surface area contributed by atoms with Crippen LogP contribution in [-0.2, 0) is 16.1 Å². The Bertz CT molecular complexity index is 534. The van der Waals surface area contributed by atoms with Crippen LogP contribution in [0.2, 0.25) is 0 Å². The zero-order valence-electron chi connectivity index (χ0n) is 12.7. The molecular formula is C15H22N2O2S. The van der Waals surface area contributed by atoms with Crippen LogP contribution in [0.25, 0.3) is 0 Å². The van der Waals surface area contributed by atoms with Crippen LogP contribution in [0.1, 0.15) is 38.8 Å². The van der Waals surface area contributed by atoms with Crippen molar-refractivity contribution in [1.29, 1.82) is 0 Å². The largest absolute Gasteiger partial charge is 0.340 e. The second-order valence-electron chi connectivity index (χ2n) is 6.32. The second-order valence-corrected chi connectivity index (χ2v) is 7.06. The van der Waals surface area contributed by atoms with Crippen LogP contribution in [0.15, 0.2) is 10.8 Å². The SMILES string of the molecule is Cc1cscc1CN1C(=O)C(C)(C)NC(=O)C1C(C)C. The number of carbonyl (C=O) groups excluding carboxylic acids is 2. The third-order valence-corrected chi connectivity index (χ3v) is 4.68. The molecule has 1 aromatic heterocycles. The number of thiophene rings is 1. The third kappa shape index (κ3) is 2.59. The molecule has 0 spiro atoms. The molecule has 0 aromatic carbocycles. The second kappa shape index (κ2) is 5.20. The van der Waals surface area contributed by atoms with Gasteiger partial charge in [-0.15, -0.1) is 0 Å². The molecule has 2 rings (SSSR count). The van der Waals surface area contributed by atoms with Crippen molar-refractivity contribution in [2.45, 2.75) is 52.7 Å². The number of nitrogens with one attached hydrogen (secondary N) is 1. The van der Waals surface area contributed by atoms with E-state index in [1.54, 1.807) is 30.1 Å². The number of piperazine rings is 1. The van der Waals surface area contributed by atoms with Crippen LogP contribution < -0.4 is 5.32 Å². The normalized spacial score (nSPS) is 22.3. The summed E-state index contributed by atoms with van der Waals surface area (Å²) >= 11 is 1.63. The lowest BCUT2D eigenvalue weighted by Gasteiger charge is -2.44. The van der Waals surface area contributed by atoms with Crippen LogP contribution in [0, 0.1) is 12.8 Å². The zero-order valence-corrected chi connectivity index (χ0v) is 13.5. The average Bonchev–Trinajstić information content (AvgIpc) is 2.70. The van der Waals surface area contributed by atoms with Gasteiger partial charge in [0.15, 0.2) is 0 Å². The molecule has 2 amide bonds. The maximum absolute atomic E-state index is 12.7. The highest BCUT2D eigenvalue weighted by atomic mass is 32.1. The van der Waals surface area contributed by atoms with E-state index in [1.165, 1.54) is 5.56 Å². The van der Waals surface area contributed by atoms with E-state index in [2.05, 4.69) is 16.1 Å². The number of amides is 2. The van der Waals surface area contributed by atoms with Gasteiger partial charge in [-0.3, -0.25) is 9.59 Å². The van der Waals surface area contributed by atoms with Gasteiger partial charge in [0.1, 0.15) is 11.6 Å². The van der Waals surface area contributed by atoms with E-state index in [1.807, 2.05) is 20.8 Å². The van der Waals surface area contributed by atoms with Gasteiger partial charge in [0, 0.05) is 6.54 Å². The summed E-state index contributed by atoms with van der Waals surface area (Å²) < 4.78 is 0. The Labute approximate surface area is 124 Å². The van der Waals surface area contributed by atoms with Crippen molar-refractivity contribution >= 4 is 23.2 Å². The Morgan fingerprint density at radius 1 is 1.35 bits per heavy atom. The summed E-state index contributed by atoms with van der Waals surface area (Å²) in [4.78, 5) is 26.7. The quantitative estimate of drug-likeness (QED) is 0.930. The molecule has 1 fully saturated rings. The van der Waals surface area contributed by atoms with E-state index < -0.39 is 11.6 Å². The minimum Gasteiger partial charge on any atom is -0.340 e. The number of rotatable bonds is 3. The first-order valence-corrected chi connectivity index (χ1v) is 7.83. The maximum Gasteiger partial charge on any atom is 0.248 e. The van der Waals surface area contributed by atoms with Crippen molar-refractivity contribution in [3.05, 3.63) is 21.9 Å². The number of aryl methyl sites for hydroxylation is 1. The molecule has 1 N–H and O–H groups in total. The van der Waals surface area contributed by atoms with E-state index >= 15 is 0 Å². The van der Waals surface area contributed by atoms with Crippen molar-refractivity contribution in [1.82, 2.24) is 10.2 Å². The lowest BCUT2D eigenvalue weighted by atomic mass is 9.91. The summed E-state index contributed by atoms with van der Waals surface area (Å²) in [5.41, 5.74) is 1.47. The standard InChI is InChI=1S/C15H22N2O2S/c1-9(2)12-13(18)16-15(4,5)14(19)17(12)6-11-8-20-7-10(11)3/h7-9,12H,6H2,1-5H3,(H,16,18). The molecule has 1 saturated heterocycles. The predicted molar refractivity (Wildman–Crippen MR) is 80.5 cm³/mol. The molecule has 0 radical (unpaired) electrons. The van der Waals surface area contributed by atoms with Crippen molar-refractivity contribution in [2.24, 2.45) is 5.92 Å². The third-order valence-electron chi connectivity index (χ3n) is 3.77. The van der Waals surface area contributed by atoms with Crippen molar-refractivity contribution in [3.63, 3.8) is 0 Å². The number of carbonyl (C=O) groups is 2. The molecule has 4 nitrogen and oxygen atoms in total. The molecule has 2 heterocycles. The highest BCUT2D eigenvalue weighted by molar-refractivity contribution is 7.08. The molecule has 0 aliphatic carbocycles. The van der Waals surface area contributed by atoms with Crippen LogP contribution in [0.3, 0.4) is 0 Å². The minimum atomic E-state index is -0.827. The van der Waals surface area contributed by atoms with Gasteiger partial charge in [0.05, 0.1) is 0 Å². The Morgan fingerprint density at radius 2 is 2.00 bits per heavy atom. The van der Waals surface area contributed by atoms with Crippen LogP contribution in [-0.4, -0.2) is 28.3 Å². The zero-order chi connectivity index (χ0) is 15.1. The van der Waals surface area contributed by atoms with Gasteiger partial charge in [-0.1, -0.05) is 13.8 Å². The molecule has 0 saturated carbocycles. The summed E-state index contributed by atoms with van der Waals surface area (Å²) in [6.07, 6.45) is 0. The van der Waals surface area contributed by atoms with Gasteiger partial charge >= 0.3 is 0 Å². The minimum absolute atomic E-state index is 0.0126. The smallest absolute Gasteiger partial charge is 0.248 e. The molecule has 110 valence electrons. The first-order valence-electron chi connectivity index (χ1n) is 6.89. The molecule has 1 unspecified atom stereocenters. The molecule has 1 atom stereocenters. The van der Waals surface area contributed by atoms with Gasteiger partial charge in [0.2, 0.25) is 11.8 Å². The fourth-order valence-corrected chi connectivity index (χ4v) is 3.48. The Kier molecular flexibility index (Phi) is 3.91. The van der Waals surface area contributed by atoms with Gasteiger partial charge in [-0.25, -0.2) is 0 Å². The van der Waals surface area contributed by atoms with Crippen molar-refractivity contribution in [2.75, 3.05) is 0 Å². The van der Waals surface area contributed by atoms with E-state index in [4.69, 9.17) is 0 Å². The monoisotopic (exact) mass is 294 g/mol. The fourth-order valence-electron chi connectivity index (χ4n) is 2.63. The molecule has 1 aliphatic heterocycles. The van der Waals surface area contributed by atoms with E-state index in [9.17, 15) is 9.59 Å². The highest BCUT2D eigenvalue weighted by Crippen LogP contribution is 2.26. The van der Waals surface area contributed by atoms with Gasteiger partial charge in [-0.2, -0.15) is 11.3 Å². The lowest BCUT2D eigenvalue weighted by Crippen LogP contribution is -2.68. The van der Waals surface area contributed by atoms with Crippen LogP contribution in [0.5, 0.6) is 0 Å². The molecule has 0 bridgehead atoms. The summed E-state index contributed by atoms with van der Waals surface area (Å²) in [7, 11) is 0. The molecule has 1 aliphatic rings. The molecular weight excluding hydrogens is 272 g/mol. The van der Waals surface area contributed by atoms with Crippen molar-refractivity contribution in [3.8, 4) is 0 Å². The first kappa shape index (κ1) is 15.0. The van der Waals surface area contributed by atoms with Crippen LogP contribution in [0.4, 0.5) is 0 Å². The fraction of sp³-hybridized carbons (Fsp3) is 0.600. The van der Waals surface area contributed by atoms with E-state index in [-0.39, 0.29) is 17.7 Å². The number of nitrogens with zero attached hydrogens (tertiary/aromatic N) is 1. The average molecular weight is 294 g/mol. The molecule has 20 heavy (non-hydrogen) atoms. The Hall–Kier alpha value is -1.36. The van der Waals surface area contributed by atoms with Gasteiger partial charge in [-0.05, 0) is 48.6 Å². The van der Waals surface area contributed by atoms with Crippen LogP contribution >= 0.6 is 11.3 Å².